The van der Waals surface area contributed by atoms with Crippen molar-refractivity contribution in [2.45, 2.75) is 92.0 Å². The molecule has 0 aliphatic rings. The minimum Gasteiger partial charge on any atom is -0.508 e. The molecule has 3 N–H and O–H groups in total. The van der Waals surface area contributed by atoms with Crippen LogP contribution in [-0.4, -0.2) is 64.7 Å². The second-order valence-corrected chi connectivity index (χ2v) is 11.5. The molecule has 10 nitrogen and oxygen atoms in total. The zero-order chi connectivity index (χ0) is 31.6. The number of aromatic hydroxyl groups is 1. The molecule has 0 heterocycles. The van der Waals surface area contributed by atoms with Gasteiger partial charge in [-0.15, -0.1) is 0 Å². The number of nitrogens with zero attached hydrogens (tertiary/aromatic N) is 1. The van der Waals surface area contributed by atoms with Crippen LogP contribution < -0.4 is 10.6 Å². The van der Waals surface area contributed by atoms with Crippen LogP contribution in [0, 0.1) is 13.8 Å². The number of hydrogen-bond donors (Lipinski definition) is 3. The molecule has 0 saturated heterocycles. The number of esters is 1. The van der Waals surface area contributed by atoms with Crippen molar-refractivity contribution in [3.8, 4) is 5.75 Å². The molecule has 0 aliphatic carbocycles. The van der Waals surface area contributed by atoms with Crippen LogP contribution in [-0.2, 0) is 30.3 Å². The van der Waals surface area contributed by atoms with Crippen molar-refractivity contribution >= 4 is 23.9 Å². The summed E-state index contributed by atoms with van der Waals surface area (Å²) >= 11 is 0. The molecule has 0 radical (unpaired) electrons. The normalized spacial score (nSPS) is 12.7. The first-order valence-corrected chi connectivity index (χ1v) is 14.2. The Hall–Kier alpha value is -4.08. The molecule has 0 aromatic heterocycles. The van der Waals surface area contributed by atoms with E-state index in [-0.39, 0.29) is 31.7 Å². The summed E-state index contributed by atoms with van der Waals surface area (Å²) in [6.45, 7) is 14.6. The summed E-state index contributed by atoms with van der Waals surface area (Å²) in [5.74, 6) is -1.32. The number of nitrogens with one attached hydrogen (secondary N) is 2. The van der Waals surface area contributed by atoms with Gasteiger partial charge in [0.2, 0.25) is 11.8 Å². The van der Waals surface area contributed by atoms with E-state index < -0.39 is 47.6 Å². The molecule has 0 saturated carbocycles. The Balaban J connectivity index is 2.53. The van der Waals surface area contributed by atoms with E-state index in [1.54, 1.807) is 53.7 Å². The summed E-state index contributed by atoms with van der Waals surface area (Å²) in [6.07, 6.45) is -0.699. The van der Waals surface area contributed by atoms with Gasteiger partial charge < -0.3 is 30.1 Å². The lowest BCUT2D eigenvalue weighted by Gasteiger charge is -2.38. The van der Waals surface area contributed by atoms with Gasteiger partial charge in [-0.05, 0) is 84.2 Å². The molecule has 0 fully saturated rings. The highest BCUT2D eigenvalue weighted by molar-refractivity contribution is 5.93. The molecular weight excluding hydrogens is 538 g/mol. The lowest BCUT2D eigenvalue weighted by molar-refractivity contribution is -0.145. The Morgan fingerprint density at radius 2 is 1.64 bits per heavy atom. The molecule has 2 atom stereocenters. The Bertz CT molecular complexity index is 1240. The van der Waals surface area contributed by atoms with Crippen LogP contribution in [0.15, 0.2) is 42.5 Å². The van der Waals surface area contributed by atoms with E-state index in [1.807, 2.05) is 32.0 Å². The fraction of sp³-hybridized carbons (Fsp3) is 0.500. The highest BCUT2D eigenvalue weighted by Crippen LogP contribution is 2.29. The first kappa shape index (κ1) is 34.1. The minimum absolute atomic E-state index is 0.0154. The largest absolute Gasteiger partial charge is 0.508 e. The summed E-state index contributed by atoms with van der Waals surface area (Å²) < 4.78 is 10.4. The SMILES string of the molecule is CCOC(=O)CCNC(=O)C(c1ccc(C)cc1C)N(C(=O)C(Cc1ccc(O)cc1)NC(=O)OC(C)(C)C)C(C)C. The lowest BCUT2D eigenvalue weighted by Crippen LogP contribution is -2.56. The van der Waals surface area contributed by atoms with Crippen LogP contribution in [0.1, 0.15) is 76.3 Å². The summed E-state index contributed by atoms with van der Waals surface area (Å²) in [6, 6.07) is 9.35. The van der Waals surface area contributed by atoms with Crippen LogP contribution in [0.25, 0.3) is 0 Å². The average molecular weight is 584 g/mol. The maximum Gasteiger partial charge on any atom is 0.408 e. The van der Waals surface area contributed by atoms with Gasteiger partial charge in [0.15, 0.2) is 0 Å². The van der Waals surface area contributed by atoms with Gasteiger partial charge in [0.1, 0.15) is 23.4 Å². The van der Waals surface area contributed by atoms with Gasteiger partial charge in [-0.3, -0.25) is 14.4 Å². The summed E-state index contributed by atoms with van der Waals surface area (Å²) in [4.78, 5) is 54.4. The number of aryl methyl sites for hydroxylation is 2. The van der Waals surface area contributed by atoms with E-state index in [0.717, 1.165) is 11.1 Å². The van der Waals surface area contributed by atoms with Gasteiger partial charge in [-0.1, -0.05) is 35.9 Å². The second kappa shape index (κ2) is 15.2. The van der Waals surface area contributed by atoms with E-state index in [1.165, 1.54) is 17.0 Å². The predicted molar refractivity (Wildman–Crippen MR) is 160 cm³/mol. The fourth-order valence-electron chi connectivity index (χ4n) is 4.54. The minimum atomic E-state index is -1.09. The van der Waals surface area contributed by atoms with Crippen LogP contribution in [0.4, 0.5) is 4.79 Å². The number of hydrogen-bond acceptors (Lipinski definition) is 7. The molecule has 10 heteroatoms. The fourth-order valence-corrected chi connectivity index (χ4v) is 4.54. The third kappa shape index (κ3) is 10.4. The van der Waals surface area contributed by atoms with Crippen LogP contribution in [0.5, 0.6) is 5.75 Å². The number of ether oxygens (including phenoxy) is 2. The van der Waals surface area contributed by atoms with Crippen molar-refractivity contribution in [3.05, 3.63) is 64.7 Å². The molecule has 0 aliphatic heterocycles. The number of benzene rings is 2. The molecule has 2 unspecified atom stereocenters. The van der Waals surface area contributed by atoms with Crippen molar-refractivity contribution in [2.24, 2.45) is 0 Å². The molecule has 3 amide bonds. The Morgan fingerprint density at radius 3 is 2.19 bits per heavy atom. The van der Waals surface area contributed by atoms with Crippen molar-refractivity contribution in [2.75, 3.05) is 13.2 Å². The molecule has 0 bridgehead atoms. The number of amides is 3. The van der Waals surface area contributed by atoms with E-state index >= 15 is 0 Å². The first-order valence-electron chi connectivity index (χ1n) is 14.2. The molecule has 2 rings (SSSR count). The third-order valence-corrected chi connectivity index (χ3v) is 6.36. The van der Waals surface area contributed by atoms with Gasteiger partial charge in [0.25, 0.3) is 0 Å². The topological polar surface area (TPSA) is 134 Å². The number of phenols is 1. The standard InChI is InChI=1S/C32H45N3O7/c1-9-41-27(37)16-17-33-29(38)28(25-15-10-21(4)18-22(25)5)35(20(2)3)30(39)26(34-31(40)42-32(6,7)8)19-23-11-13-24(36)14-12-23/h10-15,18,20,26,28,36H,9,16-17,19H2,1-8H3,(H,33,38)(H,34,40). The number of phenolic OH excluding ortho intramolecular Hbond substituents is 1. The highest BCUT2D eigenvalue weighted by Gasteiger charge is 2.38. The third-order valence-electron chi connectivity index (χ3n) is 6.36. The van der Waals surface area contributed by atoms with E-state index in [0.29, 0.717) is 11.1 Å². The number of carbonyl (C=O) groups is 4. The molecular formula is C32H45N3O7. The van der Waals surface area contributed by atoms with Crippen molar-refractivity contribution in [3.63, 3.8) is 0 Å². The Labute approximate surface area is 248 Å². The number of carbonyl (C=O) groups excluding carboxylic acids is 4. The van der Waals surface area contributed by atoms with E-state index in [9.17, 15) is 24.3 Å². The highest BCUT2D eigenvalue weighted by atomic mass is 16.6. The molecule has 2 aromatic carbocycles. The predicted octanol–water partition coefficient (Wildman–Crippen LogP) is 4.49. The molecule has 2 aromatic rings. The zero-order valence-electron chi connectivity index (χ0n) is 25.9. The zero-order valence-corrected chi connectivity index (χ0v) is 25.9. The number of rotatable bonds is 12. The van der Waals surface area contributed by atoms with Gasteiger partial charge >= 0.3 is 12.1 Å². The second-order valence-electron chi connectivity index (χ2n) is 11.5. The quantitative estimate of drug-likeness (QED) is 0.314. The smallest absolute Gasteiger partial charge is 0.408 e. The maximum absolute atomic E-state index is 14.4. The summed E-state index contributed by atoms with van der Waals surface area (Å²) in [5, 5.41) is 15.2. The van der Waals surface area contributed by atoms with Gasteiger partial charge in [0.05, 0.1) is 13.0 Å². The van der Waals surface area contributed by atoms with Crippen LogP contribution >= 0.6 is 0 Å². The van der Waals surface area contributed by atoms with Gasteiger partial charge in [-0.2, -0.15) is 0 Å². The first-order chi connectivity index (χ1) is 19.6. The molecule has 230 valence electrons. The van der Waals surface area contributed by atoms with Crippen molar-refractivity contribution in [1.29, 1.82) is 0 Å². The van der Waals surface area contributed by atoms with Gasteiger partial charge in [0, 0.05) is 19.0 Å². The van der Waals surface area contributed by atoms with Gasteiger partial charge in [-0.25, -0.2) is 4.79 Å². The monoisotopic (exact) mass is 583 g/mol. The van der Waals surface area contributed by atoms with Crippen LogP contribution in [0.3, 0.4) is 0 Å². The number of alkyl carbamates (subject to hydrolysis) is 1. The average Bonchev–Trinajstić information content (AvgIpc) is 2.87. The Morgan fingerprint density at radius 1 is 1.00 bits per heavy atom. The Kier molecular flexibility index (Phi) is 12.4. The lowest BCUT2D eigenvalue weighted by atomic mass is 9.94. The van der Waals surface area contributed by atoms with E-state index in [4.69, 9.17) is 9.47 Å². The van der Waals surface area contributed by atoms with E-state index in [2.05, 4.69) is 10.6 Å². The van der Waals surface area contributed by atoms with Crippen molar-refractivity contribution < 1.29 is 33.8 Å². The summed E-state index contributed by atoms with van der Waals surface area (Å²) in [5.41, 5.74) is 2.32. The molecule has 42 heavy (non-hydrogen) atoms. The van der Waals surface area contributed by atoms with Crippen LogP contribution in [0.2, 0.25) is 0 Å². The summed E-state index contributed by atoms with van der Waals surface area (Å²) in [7, 11) is 0. The maximum atomic E-state index is 14.4. The van der Waals surface area contributed by atoms with Crippen molar-refractivity contribution in [1.82, 2.24) is 15.5 Å². The molecule has 0 spiro atoms.